The fourth-order valence-electron chi connectivity index (χ4n) is 2.51. The first-order chi connectivity index (χ1) is 10.9. The van der Waals surface area contributed by atoms with Crippen molar-refractivity contribution in [3.8, 4) is 0 Å². The first-order valence-electron chi connectivity index (χ1n) is 6.94. The Bertz CT molecular complexity index is 922. The molecule has 0 spiro atoms. The molecule has 1 fully saturated rings. The molecule has 0 aliphatic carbocycles. The minimum atomic E-state index is -3.79. The molecule has 0 unspecified atom stereocenters. The predicted molar refractivity (Wildman–Crippen MR) is 89.4 cm³/mol. The van der Waals surface area contributed by atoms with Crippen molar-refractivity contribution >= 4 is 37.4 Å². The van der Waals surface area contributed by atoms with Gasteiger partial charge in [-0.3, -0.25) is 19.8 Å². The van der Waals surface area contributed by atoms with Gasteiger partial charge in [-0.25, -0.2) is 16.8 Å². The molecule has 0 bridgehead atoms. The lowest BCUT2D eigenvalue weighted by Crippen LogP contribution is -2.36. The van der Waals surface area contributed by atoms with Crippen LogP contribution in [-0.4, -0.2) is 47.3 Å². The highest BCUT2D eigenvalue weighted by atomic mass is 32.2. The molecule has 1 heterocycles. The van der Waals surface area contributed by atoms with E-state index in [4.69, 9.17) is 11.1 Å². The van der Waals surface area contributed by atoms with Crippen molar-refractivity contribution in [3.05, 3.63) is 23.3 Å². The van der Waals surface area contributed by atoms with Gasteiger partial charge in [0.25, 0.3) is 5.91 Å². The van der Waals surface area contributed by atoms with E-state index in [0.29, 0.717) is 12.0 Å². The molecule has 0 aromatic heterocycles. The fourth-order valence-corrected chi connectivity index (χ4v) is 5.02. The third kappa shape index (κ3) is 3.51. The number of carbonyl (C=O) groups excluding carboxylic acids is 1. The summed E-state index contributed by atoms with van der Waals surface area (Å²) in [4.78, 5) is 11.8. The Hall–Kier alpha value is -2.14. The van der Waals surface area contributed by atoms with Crippen molar-refractivity contribution in [1.29, 1.82) is 5.41 Å². The highest BCUT2D eigenvalue weighted by Gasteiger charge is 2.33. The minimum Gasteiger partial charge on any atom is -0.370 e. The van der Waals surface area contributed by atoms with E-state index in [9.17, 15) is 21.6 Å². The molecule has 24 heavy (non-hydrogen) atoms. The number of nitrogens with two attached hydrogens (primary N) is 1. The fraction of sp³-hybridized carbons (Fsp3) is 0.385. The van der Waals surface area contributed by atoms with E-state index in [2.05, 4.69) is 5.32 Å². The maximum Gasteiger partial charge on any atom is 0.258 e. The number of anilines is 1. The number of sulfone groups is 1. The zero-order valence-corrected chi connectivity index (χ0v) is 14.8. The van der Waals surface area contributed by atoms with E-state index in [0.717, 1.165) is 16.6 Å². The SMILES string of the molecule is Cc1cc(N2CCCS2(=O)=O)c(S(C)(=O)=O)cc1C(=O)NC(=N)N. The number of sulfonamides is 1. The molecule has 11 heteroatoms. The number of nitrogens with one attached hydrogen (secondary N) is 2. The maximum atomic E-state index is 12.1. The van der Waals surface area contributed by atoms with Crippen LogP contribution < -0.4 is 15.4 Å². The van der Waals surface area contributed by atoms with Crippen molar-refractivity contribution < 1.29 is 21.6 Å². The molecule has 1 aliphatic heterocycles. The molecule has 132 valence electrons. The number of rotatable bonds is 3. The van der Waals surface area contributed by atoms with Gasteiger partial charge in [-0.1, -0.05) is 0 Å². The summed E-state index contributed by atoms with van der Waals surface area (Å²) in [6.07, 6.45) is 1.34. The van der Waals surface area contributed by atoms with Crippen LogP contribution in [-0.2, 0) is 19.9 Å². The summed E-state index contributed by atoms with van der Waals surface area (Å²) in [5, 5.41) is 9.17. The average molecular weight is 374 g/mol. The number of carbonyl (C=O) groups is 1. The van der Waals surface area contributed by atoms with Gasteiger partial charge in [0.1, 0.15) is 0 Å². The van der Waals surface area contributed by atoms with E-state index < -0.39 is 31.7 Å². The van der Waals surface area contributed by atoms with Crippen LogP contribution in [0.25, 0.3) is 0 Å². The Labute approximate surface area is 140 Å². The van der Waals surface area contributed by atoms with E-state index in [1.807, 2.05) is 0 Å². The summed E-state index contributed by atoms with van der Waals surface area (Å²) in [6.45, 7) is 1.73. The van der Waals surface area contributed by atoms with Gasteiger partial charge in [0.05, 0.1) is 16.3 Å². The zero-order chi connectivity index (χ0) is 18.3. The van der Waals surface area contributed by atoms with Crippen molar-refractivity contribution in [2.24, 2.45) is 5.73 Å². The summed E-state index contributed by atoms with van der Waals surface area (Å²) >= 11 is 0. The molecule has 2 rings (SSSR count). The quantitative estimate of drug-likeness (QED) is 0.482. The monoisotopic (exact) mass is 374 g/mol. The lowest BCUT2D eigenvalue weighted by Gasteiger charge is -2.21. The predicted octanol–water partition coefficient (Wildman–Crippen LogP) is -0.438. The van der Waals surface area contributed by atoms with Gasteiger partial charge in [0, 0.05) is 18.4 Å². The van der Waals surface area contributed by atoms with Gasteiger partial charge in [-0.05, 0) is 31.0 Å². The van der Waals surface area contributed by atoms with Gasteiger partial charge in [-0.2, -0.15) is 0 Å². The maximum absolute atomic E-state index is 12.1. The summed E-state index contributed by atoms with van der Waals surface area (Å²) < 4.78 is 49.5. The Balaban J connectivity index is 2.68. The number of hydrogen-bond acceptors (Lipinski definition) is 6. The van der Waals surface area contributed by atoms with Crippen molar-refractivity contribution in [2.75, 3.05) is 22.9 Å². The number of nitrogens with zero attached hydrogens (tertiary/aromatic N) is 1. The average Bonchev–Trinajstić information content (AvgIpc) is 2.75. The number of hydrogen-bond donors (Lipinski definition) is 3. The third-order valence-electron chi connectivity index (χ3n) is 3.57. The van der Waals surface area contributed by atoms with Crippen LogP contribution in [0.1, 0.15) is 22.3 Å². The number of benzene rings is 1. The Morgan fingerprint density at radius 2 is 2.00 bits per heavy atom. The standard InChI is InChI=1S/C13H18N4O5S2/c1-8-6-10(17-4-3-5-24(17,21)22)11(23(2,19)20)7-9(8)12(18)16-13(14)15/h6-7H,3-5H2,1-2H3,(H4,14,15,16,18). The molecule has 1 amide bonds. The number of guanidine groups is 1. The molecule has 0 saturated carbocycles. The van der Waals surface area contributed by atoms with E-state index >= 15 is 0 Å². The highest BCUT2D eigenvalue weighted by molar-refractivity contribution is 7.93. The largest absolute Gasteiger partial charge is 0.370 e. The molecule has 1 aromatic rings. The first kappa shape index (κ1) is 18.2. The van der Waals surface area contributed by atoms with Gasteiger partial charge >= 0.3 is 0 Å². The molecule has 0 radical (unpaired) electrons. The highest BCUT2D eigenvalue weighted by Crippen LogP contribution is 2.33. The third-order valence-corrected chi connectivity index (χ3v) is 6.55. The van der Waals surface area contributed by atoms with E-state index in [-0.39, 0.29) is 28.4 Å². The summed E-state index contributed by atoms with van der Waals surface area (Å²) in [5.74, 6) is -1.37. The van der Waals surface area contributed by atoms with E-state index in [1.165, 1.54) is 6.07 Å². The minimum absolute atomic E-state index is 0.00553. The van der Waals surface area contributed by atoms with Gasteiger partial charge < -0.3 is 5.73 Å². The number of aryl methyl sites for hydroxylation is 1. The van der Waals surface area contributed by atoms with Crippen LogP contribution in [0, 0.1) is 12.3 Å². The topological polar surface area (TPSA) is 150 Å². The normalized spacial score (nSPS) is 16.8. The Morgan fingerprint density at radius 3 is 2.46 bits per heavy atom. The second kappa shape index (κ2) is 6.06. The van der Waals surface area contributed by atoms with Crippen LogP contribution >= 0.6 is 0 Å². The second-order valence-electron chi connectivity index (χ2n) is 5.52. The van der Waals surface area contributed by atoms with Crippen LogP contribution in [0.15, 0.2) is 17.0 Å². The smallest absolute Gasteiger partial charge is 0.258 e. The lowest BCUT2D eigenvalue weighted by molar-refractivity contribution is 0.0975. The molecule has 1 saturated heterocycles. The molecule has 1 aromatic carbocycles. The first-order valence-corrected chi connectivity index (χ1v) is 10.4. The Morgan fingerprint density at radius 1 is 1.38 bits per heavy atom. The Kier molecular flexibility index (Phi) is 4.59. The number of amides is 1. The van der Waals surface area contributed by atoms with Crippen LogP contribution in [0.4, 0.5) is 5.69 Å². The molecule has 9 nitrogen and oxygen atoms in total. The van der Waals surface area contributed by atoms with Crippen LogP contribution in [0.3, 0.4) is 0 Å². The van der Waals surface area contributed by atoms with Crippen LogP contribution in [0.5, 0.6) is 0 Å². The summed E-state index contributed by atoms with van der Waals surface area (Å²) in [5.41, 5.74) is 5.53. The van der Waals surface area contributed by atoms with Gasteiger partial charge in [0.15, 0.2) is 15.8 Å². The van der Waals surface area contributed by atoms with Crippen molar-refractivity contribution in [1.82, 2.24) is 5.32 Å². The van der Waals surface area contributed by atoms with Crippen LogP contribution in [0.2, 0.25) is 0 Å². The van der Waals surface area contributed by atoms with Gasteiger partial charge in [0.2, 0.25) is 10.0 Å². The second-order valence-corrected chi connectivity index (χ2v) is 9.51. The van der Waals surface area contributed by atoms with Crippen molar-refractivity contribution in [3.63, 3.8) is 0 Å². The summed E-state index contributed by atoms with van der Waals surface area (Å²) in [7, 11) is -7.37. The molecule has 0 atom stereocenters. The summed E-state index contributed by atoms with van der Waals surface area (Å²) in [6, 6.07) is 2.47. The molecular formula is C13H18N4O5S2. The molecular weight excluding hydrogens is 356 g/mol. The lowest BCUT2D eigenvalue weighted by atomic mass is 10.1. The van der Waals surface area contributed by atoms with Gasteiger partial charge in [-0.15, -0.1) is 0 Å². The zero-order valence-electron chi connectivity index (χ0n) is 13.2. The van der Waals surface area contributed by atoms with Crippen molar-refractivity contribution in [2.45, 2.75) is 18.2 Å². The molecule has 1 aliphatic rings. The van der Waals surface area contributed by atoms with E-state index in [1.54, 1.807) is 6.92 Å². The molecule has 4 N–H and O–H groups in total.